The summed E-state index contributed by atoms with van der Waals surface area (Å²) < 4.78 is 23.7. The monoisotopic (exact) mass is 948 g/mol. The van der Waals surface area contributed by atoms with Gasteiger partial charge in [0.05, 0.1) is 23.1 Å². The number of fused-ring (bicyclic) bond motifs is 6. The van der Waals surface area contributed by atoms with Crippen molar-refractivity contribution in [2.75, 3.05) is 81.9 Å². The molecule has 3 N–H and O–H groups in total. The van der Waals surface area contributed by atoms with Crippen LogP contribution in [0.4, 0.5) is 15.9 Å². The van der Waals surface area contributed by atoms with Crippen LogP contribution in [0.3, 0.4) is 0 Å². The number of piperazine rings is 2. The standard InChI is InChI=1S/C53H57FN10O6/c1-2-29-4-3-5-30-18-34(65)20-37(44(29)30)46-45(54)47-38(21-55-46)48(63-22-31-6-7-32(23-63)56-31)59-52(58-47)70-28-53(12-13-53)27-61-25-40-39(41(40)26-61)24-60-14-16-62(17-15-60)33-8-9-35-36(19-33)51(69)64(50(35)68)42-10-11-43(66)57-49(42)67/h3-5,8-9,18-21,31-32,39-42,56,65H,2,6-7,10-17,22-28H2,1H3,(H,57,66,67). The van der Waals surface area contributed by atoms with Gasteiger partial charge >= 0.3 is 6.01 Å². The number of aromatic nitrogens is 3. The second-order valence-electron chi connectivity index (χ2n) is 21.4. The number of halogens is 1. The predicted molar refractivity (Wildman–Crippen MR) is 259 cm³/mol. The number of likely N-dealkylation sites (tertiary alicyclic amines) is 1. The third-order valence-corrected chi connectivity index (χ3v) is 16.9. The Balaban J connectivity index is 0.649. The number of amides is 4. The van der Waals surface area contributed by atoms with Gasteiger partial charge in [-0.15, -0.1) is 0 Å². The van der Waals surface area contributed by atoms with E-state index in [-0.39, 0.29) is 41.2 Å². The van der Waals surface area contributed by atoms with Gasteiger partial charge < -0.3 is 29.9 Å². The molecule has 6 aliphatic heterocycles. The number of anilines is 2. The molecule has 5 saturated heterocycles. The maximum Gasteiger partial charge on any atom is 0.319 e. The van der Waals surface area contributed by atoms with Gasteiger partial charge in [0.25, 0.3) is 11.8 Å². The van der Waals surface area contributed by atoms with Crippen LogP contribution in [0, 0.1) is 29.0 Å². The number of carbonyl (C=O) groups excluding carboxylic acids is 4. The van der Waals surface area contributed by atoms with E-state index >= 15 is 4.39 Å². The summed E-state index contributed by atoms with van der Waals surface area (Å²) in [4.78, 5) is 76.2. The predicted octanol–water partition coefficient (Wildman–Crippen LogP) is 4.75. The highest BCUT2D eigenvalue weighted by Gasteiger charge is 2.57. The Kier molecular flexibility index (Phi) is 10.4. The number of benzene rings is 3. The van der Waals surface area contributed by atoms with Crippen molar-refractivity contribution in [2.24, 2.45) is 23.2 Å². The molecular formula is C53H57FN10O6. The number of pyridine rings is 1. The molecule has 0 radical (unpaired) electrons. The fourth-order valence-corrected chi connectivity index (χ4v) is 13.0. The normalized spacial score (nSPS) is 27.1. The second-order valence-corrected chi connectivity index (χ2v) is 21.4. The Labute approximate surface area is 404 Å². The van der Waals surface area contributed by atoms with Crippen molar-refractivity contribution in [3.05, 3.63) is 77.2 Å². The van der Waals surface area contributed by atoms with E-state index in [2.05, 4.69) is 37.2 Å². The molecule has 13 rings (SSSR count). The van der Waals surface area contributed by atoms with Crippen LogP contribution in [-0.2, 0) is 16.0 Å². The molecule has 5 atom stereocenters. The molecule has 2 aliphatic carbocycles. The summed E-state index contributed by atoms with van der Waals surface area (Å²) in [5.74, 6) is 0.246. The van der Waals surface area contributed by atoms with Crippen LogP contribution >= 0.6 is 0 Å². The fourth-order valence-electron chi connectivity index (χ4n) is 13.0. The number of nitrogens with zero attached hydrogens (tertiary/aromatic N) is 8. The van der Waals surface area contributed by atoms with E-state index in [0.29, 0.717) is 64.3 Å². The van der Waals surface area contributed by atoms with Crippen molar-refractivity contribution in [3.63, 3.8) is 0 Å². The van der Waals surface area contributed by atoms with Crippen molar-refractivity contribution in [1.29, 1.82) is 0 Å². The smallest absolute Gasteiger partial charge is 0.319 e. The SMILES string of the molecule is CCc1cccc2cc(O)cc(-c3ncc4c(N5CC6CCC(C5)N6)nc(OCC5(CN6CC7C(CN8CCN(c9ccc%10c(c9)C(=O)N(C9CCC(=O)NC9=O)C%10=O)CC8)C7C6)CC5)nc4c3F)c12. The van der Waals surface area contributed by atoms with Crippen LogP contribution in [0.1, 0.15) is 71.7 Å². The lowest BCUT2D eigenvalue weighted by molar-refractivity contribution is -0.136. The maximum atomic E-state index is 17.2. The zero-order chi connectivity index (χ0) is 47.6. The van der Waals surface area contributed by atoms with Crippen molar-refractivity contribution in [1.82, 2.24) is 40.3 Å². The van der Waals surface area contributed by atoms with E-state index in [0.717, 1.165) is 124 Å². The number of imide groups is 2. The number of piperidine rings is 2. The van der Waals surface area contributed by atoms with Crippen molar-refractivity contribution >= 4 is 56.8 Å². The summed E-state index contributed by atoms with van der Waals surface area (Å²) in [6.45, 7) is 11.7. The molecule has 5 unspecified atom stereocenters. The molecule has 2 aromatic heterocycles. The summed E-state index contributed by atoms with van der Waals surface area (Å²) in [6.07, 6.45) is 6.98. The first-order chi connectivity index (χ1) is 34.0. The molecule has 8 heterocycles. The Morgan fingerprint density at radius 1 is 0.843 bits per heavy atom. The van der Waals surface area contributed by atoms with E-state index < -0.39 is 35.5 Å². The Hall–Kier alpha value is -6.30. The lowest BCUT2D eigenvalue weighted by atomic mass is 9.95. The summed E-state index contributed by atoms with van der Waals surface area (Å²) >= 11 is 0. The summed E-state index contributed by atoms with van der Waals surface area (Å²) in [6, 6.07) is 14.5. The fraction of sp³-hybridized carbons (Fsp3) is 0.491. The number of rotatable bonds is 12. The summed E-state index contributed by atoms with van der Waals surface area (Å²) in [5.41, 5.74) is 3.42. The number of phenolic OH excluding ortho intramolecular Hbond substituents is 1. The van der Waals surface area contributed by atoms with Gasteiger partial charge in [-0.25, -0.2) is 4.39 Å². The minimum atomic E-state index is -0.977. The van der Waals surface area contributed by atoms with Crippen LogP contribution in [0.5, 0.6) is 11.8 Å². The summed E-state index contributed by atoms with van der Waals surface area (Å²) in [5, 5.41) is 19.0. The van der Waals surface area contributed by atoms with Crippen molar-refractivity contribution in [3.8, 4) is 23.0 Å². The highest BCUT2D eigenvalue weighted by molar-refractivity contribution is 6.23. The first-order valence-corrected chi connectivity index (χ1v) is 25.3. The van der Waals surface area contributed by atoms with Crippen LogP contribution < -0.4 is 25.2 Å². The first kappa shape index (κ1) is 43.7. The number of aryl methyl sites for hydroxylation is 1. The van der Waals surface area contributed by atoms with Crippen LogP contribution in [-0.4, -0.2) is 149 Å². The highest BCUT2D eigenvalue weighted by Crippen LogP contribution is 2.55. The van der Waals surface area contributed by atoms with Gasteiger partial charge in [-0.05, 0) is 103 Å². The maximum absolute atomic E-state index is 17.2. The molecule has 5 aromatic rings. The molecule has 2 bridgehead atoms. The molecular weight excluding hydrogens is 892 g/mol. The number of carbonyl (C=O) groups is 4. The second kappa shape index (κ2) is 16.7. The van der Waals surface area contributed by atoms with Gasteiger partial charge in [-0.3, -0.25) is 39.3 Å². The number of hydrogen-bond acceptors (Lipinski definition) is 14. The molecule has 70 heavy (non-hydrogen) atoms. The van der Waals surface area contributed by atoms with Gasteiger partial charge in [0.2, 0.25) is 11.8 Å². The van der Waals surface area contributed by atoms with Crippen molar-refractivity contribution < 1.29 is 33.4 Å². The largest absolute Gasteiger partial charge is 0.508 e. The number of ether oxygens (including phenoxy) is 1. The third kappa shape index (κ3) is 7.53. The number of nitrogens with one attached hydrogen (secondary N) is 2. The molecule has 362 valence electrons. The average molecular weight is 949 g/mol. The Morgan fingerprint density at radius 3 is 2.36 bits per heavy atom. The highest BCUT2D eigenvalue weighted by atomic mass is 19.1. The number of aromatic hydroxyl groups is 1. The van der Waals surface area contributed by atoms with Gasteiger partial charge in [0.15, 0.2) is 5.82 Å². The Morgan fingerprint density at radius 2 is 1.61 bits per heavy atom. The quantitative estimate of drug-likeness (QED) is 0.146. The number of hydrogen-bond donors (Lipinski definition) is 3. The first-order valence-electron chi connectivity index (χ1n) is 25.3. The van der Waals surface area contributed by atoms with Gasteiger partial charge in [0, 0.05) is 107 Å². The molecule has 16 nitrogen and oxygen atoms in total. The molecule has 3 aromatic carbocycles. The molecule has 4 amide bonds. The van der Waals surface area contributed by atoms with Crippen molar-refractivity contribution in [2.45, 2.75) is 70.0 Å². The van der Waals surface area contributed by atoms with Gasteiger partial charge in [-0.1, -0.05) is 25.1 Å². The zero-order valence-electron chi connectivity index (χ0n) is 39.3. The van der Waals surface area contributed by atoms with Gasteiger partial charge in [-0.2, -0.15) is 9.97 Å². The molecule has 7 fully saturated rings. The van der Waals surface area contributed by atoms with Crippen LogP contribution in [0.2, 0.25) is 0 Å². The lowest BCUT2D eigenvalue weighted by Crippen LogP contribution is -2.54. The molecule has 2 saturated carbocycles. The van der Waals surface area contributed by atoms with Crippen LogP contribution in [0.15, 0.2) is 54.7 Å². The lowest BCUT2D eigenvalue weighted by Gasteiger charge is -2.36. The average Bonchev–Trinajstić information content (AvgIpc) is 4.12. The van der Waals surface area contributed by atoms with E-state index in [1.54, 1.807) is 30.5 Å². The molecule has 8 aliphatic rings. The van der Waals surface area contributed by atoms with E-state index in [4.69, 9.17) is 19.7 Å². The number of phenols is 1. The third-order valence-electron chi connectivity index (χ3n) is 16.9. The topological polar surface area (TPSA) is 177 Å². The van der Waals surface area contributed by atoms with Gasteiger partial charge in [0.1, 0.15) is 28.8 Å². The van der Waals surface area contributed by atoms with E-state index in [1.165, 1.54) is 0 Å². The molecule has 17 heteroatoms. The minimum absolute atomic E-state index is 0.00685. The minimum Gasteiger partial charge on any atom is -0.508 e. The zero-order valence-corrected chi connectivity index (χ0v) is 39.3. The van der Waals surface area contributed by atoms with E-state index in [9.17, 15) is 24.3 Å². The Bertz CT molecular complexity index is 3010. The van der Waals surface area contributed by atoms with E-state index in [1.807, 2.05) is 24.3 Å². The molecule has 0 spiro atoms. The van der Waals surface area contributed by atoms with Crippen LogP contribution in [0.25, 0.3) is 32.9 Å². The summed E-state index contributed by atoms with van der Waals surface area (Å²) in [7, 11) is 0.